The molecule has 1 aromatic carbocycles. The van der Waals surface area contributed by atoms with Crippen molar-refractivity contribution in [3.05, 3.63) is 47.7 Å². The molecule has 6 heteroatoms. The van der Waals surface area contributed by atoms with Gasteiger partial charge in [0.2, 0.25) is 11.8 Å². The Labute approximate surface area is 178 Å². The molecule has 2 fully saturated rings. The fraction of sp³-hybridized carbons (Fsp3) is 0.542. The van der Waals surface area contributed by atoms with Crippen LogP contribution in [0.5, 0.6) is 0 Å². The van der Waals surface area contributed by atoms with Gasteiger partial charge < -0.3 is 4.90 Å². The molecule has 3 aliphatic rings. The van der Waals surface area contributed by atoms with E-state index >= 15 is 0 Å². The molecule has 4 amide bonds. The molecule has 0 unspecified atom stereocenters. The molecule has 0 N–H and O–H groups in total. The topological polar surface area (TPSA) is 60.9 Å². The second kappa shape index (κ2) is 8.25. The highest BCUT2D eigenvalue weighted by Crippen LogP contribution is 2.44. The molecule has 2 heterocycles. The Bertz CT molecular complexity index is 860. The summed E-state index contributed by atoms with van der Waals surface area (Å²) < 4.78 is 0. The lowest BCUT2D eigenvalue weighted by molar-refractivity contribution is -0.137. The lowest BCUT2D eigenvalue weighted by atomic mass is 9.78. The molecule has 4 atom stereocenters. The van der Waals surface area contributed by atoms with E-state index in [0.29, 0.717) is 13.0 Å². The van der Waals surface area contributed by atoms with Crippen molar-refractivity contribution in [1.82, 2.24) is 14.7 Å². The van der Waals surface area contributed by atoms with Gasteiger partial charge in [-0.3, -0.25) is 19.4 Å². The first-order valence-corrected chi connectivity index (χ1v) is 11.1. The number of allylic oxidation sites excluding steroid dienone is 1. The third-order valence-corrected chi connectivity index (χ3v) is 7.01. The summed E-state index contributed by atoms with van der Waals surface area (Å²) in [6.07, 6.45) is 4.73. The Kier molecular flexibility index (Phi) is 5.67. The van der Waals surface area contributed by atoms with Gasteiger partial charge in [-0.05, 0) is 37.7 Å². The smallest absolute Gasteiger partial charge is 0.331 e. The zero-order chi connectivity index (χ0) is 21.4. The number of hydrogen-bond donors (Lipinski definition) is 0. The number of imide groups is 1. The number of likely N-dealkylation sites (N-methyl/N-ethyl adjacent to an activating group) is 1. The summed E-state index contributed by atoms with van der Waals surface area (Å²) in [6.45, 7) is 7.63. The zero-order valence-electron chi connectivity index (χ0n) is 18.1. The monoisotopic (exact) mass is 409 g/mol. The van der Waals surface area contributed by atoms with Gasteiger partial charge in [0.15, 0.2) is 0 Å². The molecule has 0 saturated carbocycles. The van der Waals surface area contributed by atoms with Crippen molar-refractivity contribution >= 4 is 17.8 Å². The van der Waals surface area contributed by atoms with Crippen molar-refractivity contribution in [3.63, 3.8) is 0 Å². The Balaban J connectivity index is 1.80. The molecule has 1 aromatic rings. The van der Waals surface area contributed by atoms with Crippen LogP contribution < -0.4 is 0 Å². The first-order valence-electron chi connectivity index (χ1n) is 11.1. The molecule has 2 aliphatic heterocycles. The van der Waals surface area contributed by atoms with Crippen molar-refractivity contribution in [1.29, 1.82) is 0 Å². The van der Waals surface area contributed by atoms with Crippen LogP contribution in [0.4, 0.5) is 4.79 Å². The van der Waals surface area contributed by atoms with Gasteiger partial charge in [0.05, 0.1) is 6.04 Å². The van der Waals surface area contributed by atoms with E-state index in [-0.39, 0.29) is 41.6 Å². The van der Waals surface area contributed by atoms with Crippen LogP contribution in [0, 0.1) is 11.8 Å². The molecule has 2 saturated heterocycles. The molecule has 0 radical (unpaired) electrons. The first-order chi connectivity index (χ1) is 14.4. The zero-order valence-corrected chi connectivity index (χ0v) is 18.1. The SMILES string of the molecule is CCN1C(=O)N(C(C)=O)[C@H]2C[C@H](C(=O)N3CCCC3)[C@H](C)[C@H](c3ccccc3)C=C21. The number of carbonyl (C=O) groups excluding carboxylic acids is 3. The van der Waals surface area contributed by atoms with Crippen LogP contribution >= 0.6 is 0 Å². The third-order valence-electron chi connectivity index (χ3n) is 7.01. The highest BCUT2D eigenvalue weighted by atomic mass is 16.2. The van der Waals surface area contributed by atoms with Crippen molar-refractivity contribution < 1.29 is 14.4 Å². The minimum atomic E-state index is -0.373. The predicted molar refractivity (Wildman–Crippen MR) is 114 cm³/mol. The Morgan fingerprint density at radius 3 is 2.37 bits per heavy atom. The quantitative estimate of drug-likeness (QED) is 0.766. The van der Waals surface area contributed by atoms with Crippen LogP contribution in [0.1, 0.15) is 51.5 Å². The fourth-order valence-corrected chi connectivity index (χ4v) is 5.40. The predicted octanol–water partition coefficient (Wildman–Crippen LogP) is 3.61. The molecule has 0 aromatic heterocycles. The van der Waals surface area contributed by atoms with Crippen LogP contribution in [0.25, 0.3) is 0 Å². The second-order valence-corrected chi connectivity index (χ2v) is 8.69. The van der Waals surface area contributed by atoms with Gasteiger partial charge in [0, 0.05) is 44.1 Å². The van der Waals surface area contributed by atoms with Crippen LogP contribution in [0.2, 0.25) is 0 Å². The maximum atomic E-state index is 13.5. The molecule has 0 bridgehead atoms. The maximum Gasteiger partial charge on any atom is 0.331 e. The van der Waals surface area contributed by atoms with E-state index in [2.05, 4.69) is 25.1 Å². The van der Waals surface area contributed by atoms with Crippen LogP contribution in [-0.2, 0) is 9.59 Å². The number of hydrogen-bond acceptors (Lipinski definition) is 3. The first kappa shape index (κ1) is 20.6. The summed E-state index contributed by atoms with van der Waals surface area (Å²) in [5.41, 5.74) is 2.01. The highest BCUT2D eigenvalue weighted by molar-refractivity contribution is 5.97. The molecule has 30 heavy (non-hydrogen) atoms. The lowest BCUT2D eigenvalue weighted by Gasteiger charge is -2.32. The van der Waals surface area contributed by atoms with E-state index < -0.39 is 0 Å². The number of rotatable bonds is 3. The number of likely N-dealkylation sites (tertiary alicyclic amines) is 1. The number of benzene rings is 1. The van der Waals surface area contributed by atoms with Gasteiger partial charge in [0.1, 0.15) is 0 Å². The molecule has 0 spiro atoms. The van der Waals surface area contributed by atoms with Gasteiger partial charge in [-0.15, -0.1) is 0 Å². The average molecular weight is 410 g/mol. The number of nitrogens with zero attached hydrogens (tertiary/aromatic N) is 3. The van der Waals surface area contributed by atoms with Crippen molar-refractivity contribution in [3.8, 4) is 0 Å². The second-order valence-electron chi connectivity index (χ2n) is 8.69. The minimum absolute atomic E-state index is 0.0107. The summed E-state index contributed by atoms with van der Waals surface area (Å²) in [7, 11) is 0. The summed E-state index contributed by atoms with van der Waals surface area (Å²) in [6, 6.07) is 9.55. The molecule has 4 rings (SSSR count). The largest absolute Gasteiger partial charge is 0.342 e. The van der Waals surface area contributed by atoms with E-state index in [1.807, 2.05) is 30.0 Å². The Morgan fingerprint density at radius 1 is 1.10 bits per heavy atom. The summed E-state index contributed by atoms with van der Waals surface area (Å²) >= 11 is 0. The summed E-state index contributed by atoms with van der Waals surface area (Å²) in [4.78, 5) is 44.0. The highest BCUT2D eigenvalue weighted by Gasteiger charge is 2.49. The molecular formula is C24H31N3O3. The van der Waals surface area contributed by atoms with E-state index in [4.69, 9.17) is 0 Å². The van der Waals surface area contributed by atoms with E-state index in [1.165, 1.54) is 11.8 Å². The van der Waals surface area contributed by atoms with Gasteiger partial charge in [-0.25, -0.2) is 4.79 Å². The normalized spacial score (nSPS) is 29.0. The van der Waals surface area contributed by atoms with E-state index in [9.17, 15) is 14.4 Å². The fourth-order valence-electron chi connectivity index (χ4n) is 5.40. The third kappa shape index (κ3) is 3.42. The number of amides is 4. The number of urea groups is 1. The molecule has 6 nitrogen and oxygen atoms in total. The molecular weight excluding hydrogens is 378 g/mol. The Hall–Kier alpha value is -2.63. The van der Waals surface area contributed by atoms with E-state index in [1.54, 1.807) is 4.90 Å². The van der Waals surface area contributed by atoms with Gasteiger partial charge in [0.25, 0.3) is 0 Å². The van der Waals surface area contributed by atoms with Gasteiger partial charge in [-0.2, -0.15) is 0 Å². The van der Waals surface area contributed by atoms with Crippen LogP contribution in [-0.4, -0.2) is 58.2 Å². The Morgan fingerprint density at radius 2 is 1.77 bits per heavy atom. The van der Waals surface area contributed by atoms with Crippen LogP contribution in [0.3, 0.4) is 0 Å². The lowest BCUT2D eigenvalue weighted by Crippen LogP contribution is -2.43. The van der Waals surface area contributed by atoms with E-state index in [0.717, 1.165) is 37.2 Å². The van der Waals surface area contributed by atoms with Crippen LogP contribution in [0.15, 0.2) is 42.1 Å². The number of carbonyl (C=O) groups is 3. The van der Waals surface area contributed by atoms with Crippen molar-refractivity contribution in [2.75, 3.05) is 19.6 Å². The average Bonchev–Trinajstić information content (AvgIpc) is 3.33. The summed E-state index contributed by atoms with van der Waals surface area (Å²) in [5, 5.41) is 0. The van der Waals surface area contributed by atoms with Crippen molar-refractivity contribution in [2.45, 2.75) is 52.0 Å². The maximum absolute atomic E-state index is 13.5. The minimum Gasteiger partial charge on any atom is -0.342 e. The molecule has 160 valence electrons. The van der Waals surface area contributed by atoms with Crippen molar-refractivity contribution in [2.24, 2.45) is 11.8 Å². The van der Waals surface area contributed by atoms with Gasteiger partial charge >= 0.3 is 6.03 Å². The van der Waals surface area contributed by atoms with Gasteiger partial charge in [-0.1, -0.05) is 43.3 Å². The molecule has 1 aliphatic carbocycles. The summed E-state index contributed by atoms with van der Waals surface area (Å²) in [5.74, 6) is -0.247. The standard InChI is InChI=1S/C24H31N3O3/c1-4-26-21-14-19(18-10-6-5-7-11-18)16(2)20(23(29)25-12-8-9-13-25)15-22(21)27(17(3)28)24(26)30/h5-7,10-11,14,16,19-20,22H,4,8-9,12-13,15H2,1-3H3/t16-,19-,20+,22+/m1/s1. The number of fused-ring (bicyclic) bond motifs is 1.